The number of hydrogen-bond donors (Lipinski definition) is 10. The Hall–Kier alpha value is -4.39. The molecule has 0 aliphatic heterocycles. The summed E-state index contributed by atoms with van der Waals surface area (Å²) in [5.41, 5.74) is 8.68. The van der Waals surface area contributed by atoms with Crippen LogP contribution in [0.2, 0.25) is 19.6 Å². The zero-order chi connectivity index (χ0) is 61.9. The maximum Gasteiger partial charge on any atom is 0.255 e. The molecule has 82 heavy (non-hydrogen) atoms. The summed E-state index contributed by atoms with van der Waals surface area (Å²) in [6.45, 7) is 6.26. The Morgan fingerprint density at radius 3 is 1.34 bits per heavy atom. The number of phenols is 2. The number of primary amides is 2. The van der Waals surface area contributed by atoms with Gasteiger partial charge in [-0.1, -0.05) is 25.6 Å². The van der Waals surface area contributed by atoms with E-state index in [4.69, 9.17) is 96.6 Å². The van der Waals surface area contributed by atoms with Crippen LogP contribution in [0.1, 0.15) is 53.5 Å². The van der Waals surface area contributed by atoms with E-state index in [-0.39, 0.29) is 65.9 Å². The average Bonchev–Trinajstić information content (AvgIpc) is 3.43. The summed E-state index contributed by atoms with van der Waals surface area (Å²) >= 11 is 2.06. The Labute approximate surface area is 509 Å². The summed E-state index contributed by atoms with van der Waals surface area (Å²) in [7, 11) is 63.1. The van der Waals surface area contributed by atoms with Crippen LogP contribution >= 0.6 is 22.6 Å². The Morgan fingerprint density at radius 2 is 0.988 bits per heavy atom. The molecule has 0 saturated heterocycles. The van der Waals surface area contributed by atoms with Crippen LogP contribution in [0, 0.1) is 38.7 Å². The lowest BCUT2D eigenvalue weighted by molar-refractivity contribution is -0.148. The summed E-state index contributed by atoms with van der Waals surface area (Å²) in [6, 6.07) is 6.13. The molecule has 2 saturated carbocycles. The topological polar surface area (TPSA) is 316 Å². The first-order chi connectivity index (χ1) is 37.9. The Morgan fingerprint density at radius 1 is 0.610 bits per heavy atom. The number of rotatable bonds is 11. The number of aliphatic hydroxyl groups excluding tert-OH is 4. The van der Waals surface area contributed by atoms with Crippen LogP contribution in [-0.4, -0.2) is 245 Å². The van der Waals surface area contributed by atoms with E-state index in [0.29, 0.717) is 23.1 Å². The van der Waals surface area contributed by atoms with E-state index < -0.39 is 170 Å². The van der Waals surface area contributed by atoms with Crippen LogP contribution in [-0.2, 0) is 41.6 Å². The number of fused-ring (bicyclic) bond motifs is 6. The van der Waals surface area contributed by atoms with Gasteiger partial charge in [-0.25, -0.2) is 0 Å². The van der Waals surface area contributed by atoms with Gasteiger partial charge >= 0.3 is 0 Å². The van der Waals surface area contributed by atoms with Gasteiger partial charge in [0.05, 0.1) is 11.1 Å². The van der Waals surface area contributed by atoms with Gasteiger partial charge in [0.2, 0.25) is 11.6 Å². The number of phenolic OH excluding ortho intramolecular Hbond substituents is 2. The molecule has 0 spiro atoms. The van der Waals surface area contributed by atoms with Crippen LogP contribution in [0.5, 0.6) is 11.5 Å². The number of halogens is 1. The second kappa shape index (κ2) is 25.3. The van der Waals surface area contributed by atoms with Crippen molar-refractivity contribution < 1.29 is 69.6 Å². The number of Topliss-reactive ketones (excluding diaryl/α,β-unsaturated/α-hetero) is 4. The minimum absolute atomic E-state index is 0.0597. The van der Waals surface area contributed by atoms with Gasteiger partial charge in [-0.05, 0) is 95.5 Å². The fourth-order valence-electron chi connectivity index (χ4n) is 12.4. The standard InChI is InChI=1S/C24H25NO7Si.C19H16INO7.B21/c1-33(2,3)7-6-11-4-5-15(26)18-14(11)9-12-8-13-10-16(27)19(23(25)31)22(30)24(13,32)21(29)17(12)20(18)28;20-9-1-2-10(22)13-8(9)4-6-3-7-5-11(23)14(18(21)27)17(26)19(7,28)16(25)12(6)15(13)24;1-12-18(13(2)3)21(19(14(4)5)15(6)7)20(16(8)9)17(10)11/h4-5,12-13,26,28,30,32H,8-10H2,1-3H3,(H2,25,31);1-2,6-7,22,24,26,28H,3-5H2,(H2,21,27);/t12-,13+,24+;6-,7+,19+;/m11./s1. The van der Waals surface area contributed by atoms with Gasteiger partial charge in [0.25, 0.3) is 11.8 Å². The molecule has 23 radical (unpaired) electrons. The maximum absolute atomic E-state index is 13.4. The molecule has 6 atom stereocenters. The van der Waals surface area contributed by atoms with Crippen LogP contribution in [0.4, 0.5) is 0 Å². The van der Waals surface area contributed by atoms with E-state index in [1.165, 1.54) is 19.2 Å². The number of nitrogens with two attached hydrogens (primary N) is 2. The van der Waals surface area contributed by atoms with Crippen LogP contribution < -0.4 is 11.5 Å². The molecule has 39 heteroatoms. The molecule has 0 bridgehead atoms. The first kappa shape index (κ1) is 66.7. The minimum atomic E-state index is -2.56. The monoisotopic (exact) mass is 1200 g/mol. The summed E-state index contributed by atoms with van der Waals surface area (Å²) in [5, 5.41) is 85.8. The zero-order valence-electron chi connectivity index (χ0n) is 45.0. The molecule has 0 aromatic heterocycles. The maximum atomic E-state index is 13.4. The third kappa shape index (κ3) is 12.2. The Bertz CT molecular complexity index is 3190. The van der Waals surface area contributed by atoms with Crippen molar-refractivity contribution in [1.29, 1.82) is 0 Å². The lowest BCUT2D eigenvalue weighted by atomic mass is 8.38. The second-order valence-electron chi connectivity index (χ2n) is 22.6. The van der Waals surface area contributed by atoms with Crippen molar-refractivity contribution in [3.63, 3.8) is 0 Å². The summed E-state index contributed by atoms with van der Waals surface area (Å²) < 4.78 is 0.794. The summed E-state index contributed by atoms with van der Waals surface area (Å²) in [6.07, 6.45) is -6.64. The number of hydrogen-bond acceptors (Lipinski definition) is 14. The molecule has 12 N–H and O–H groups in total. The minimum Gasteiger partial charge on any atom is -0.508 e. The smallest absolute Gasteiger partial charge is 0.255 e. The van der Waals surface area contributed by atoms with E-state index in [1.807, 2.05) is 0 Å². The van der Waals surface area contributed by atoms with E-state index in [9.17, 15) is 69.6 Å². The number of benzene rings is 2. The van der Waals surface area contributed by atoms with Crippen molar-refractivity contribution in [1.82, 2.24) is 0 Å². The first-order valence-corrected chi connectivity index (χ1v) is 30.4. The van der Waals surface area contributed by atoms with Gasteiger partial charge in [-0.3, -0.25) is 28.8 Å². The highest BCUT2D eigenvalue weighted by Crippen LogP contribution is 2.54. The number of amides is 2. The predicted molar refractivity (Wildman–Crippen MR) is 347 cm³/mol. The molecule has 6 aliphatic carbocycles. The normalized spacial score (nSPS) is 23.1. The van der Waals surface area contributed by atoms with Gasteiger partial charge < -0.3 is 52.3 Å². The number of carbonyl (C=O) groups is 6. The lowest BCUT2D eigenvalue weighted by Crippen LogP contribution is -2.81. The van der Waals surface area contributed by atoms with Gasteiger partial charge in [-0.15, -0.1) is 5.54 Å². The van der Waals surface area contributed by atoms with Crippen molar-refractivity contribution in [3.05, 3.63) is 89.5 Å². The van der Waals surface area contributed by atoms with Crippen molar-refractivity contribution in [2.45, 2.75) is 69.4 Å². The largest absolute Gasteiger partial charge is 0.508 e. The zero-order valence-corrected chi connectivity index (χ0v) is 48.2. The molecule has 2 amide bonds. The molecule has 6 aliphatic rings. The lowest BCUT2D eigenvalue weighted by Gasteiger charge is -2.46. The van der Waals surface area contributed by atoms with Crippen LogP contribution in [0.3, 0.4) is 0 Å². The number of aliphatic hydroxyl groups is 6. The van der Waals surface area contributed by atoms with Crippen LogP contribution in [0.25, 0.3) is 11.5 Å². The molecule has 381 valence electrons. The SMILES string of the molecule is C[Si](C)(C)C#Cc1ccc(O)c2c1C[C@H]1C[C@H]3CC(=O)C(C(N)=O)=C(O)[C@@]3(O)C(=O)C1=C2O.NC(=O)C1=C(O)[C@@]2(O)C(=O)C3=C(O)c4c(O)ccc(I)c4C[C@H]3C[C@H]2CC1=O.[B][B]B(B([B])[B])B(B(B([B])[B])B([B])[B])B(B([B])[B])B([B])[B]. The van der Waals surface area contributed by atoms with E-state index >= 15 is 0 Å². The summed E-state index contributed by atoms with van der Waals surface area (Å²) in [4.78, 5) is 74.5. The number of carbonyl (C=O) groups excluding carboxylic acids is 6. The molecule has 2 fully saturated rings. The Kier molecular flexibility index (Phi) is 20.6. The number of aromatic hydroxyl groups is 2. The molecule has 0 unspecified atom stereocenters. The average molecular weight is 1190 g/mol. The molecular formula is C43H41B21IN2O14Si. The van der Waals surface area contributed by atoms with Gasteiger partial charge in [0, 0.05) is 195 Å². The predicted octanol–water partition coefficient (Wildman–Crippen LogP) is -5.32. The van der Waals surface area contributed by atoms with E-state index in [0.717, 1.165) is 3.57 Å². The van der Waals surface area contributed by atoms with Crippen molar-refractivity contribution in [3.8, 4) is 23.0 Å². The fraction of sp³-hybridized carbons (Fsp3) is 0.349. The third-order valence-corrected chi connectivity index (χ3v) is 18.1. The molecule has 8 rings (SSSR count). The van der Waals surface area contributed by atoms with Crippen LogP contribution in [0.15, 0.2) is 58.1 Å². The highest BCUT2D eigenvalue weighted by atomic mass is 127. The highest BCUT2D eigenvalue weighted by Gasteiger charge is 2.62. The molecule has 2 aromatic rings. The second-order valence-corrected chi connectivity index (χ2v) is 28.5. The van der Waals surface area contributed by atoms with Gasteiger partial charge in [0.15, 0.2) is 22.8 Å². The van der Waals surface area contributed by atoms with Crippen molar-refractivity contribution >= 4 is 227 Å². The molecule has 2 aromatic carbocycles. The molecule has 16 nitrogen and oxygen atoms in total. The Balaban J connectivity index is 0.000000203. The highest BCUT2D eigenvalue weighted by molar-refractivity contribution is 14.1. The van der Waals surface area contributed by atoms with Crippen molar-refractivity contribution in [2.75, 3.05) is 0 Å². The quantitative estimate of drug-likeness (QED) is 0.0436. The molecule has 0 heterocycles. The van der Waals surface area contributed by atoms with E-state index in [2.05, 4.69) is 53.7 Å². The molecular weight excluding hydrogens is 1150 g/mol. The number of ketones is 4. The van der Waals surface area contributed by atoms with Gasteiger partial charge in [-0.2, -0.15) is 0 Å². The van der Waals surface area contributed by atoms with Gasteiger partial charge in [0.1, 0.15) is 53.8 Å². The van der Waals surface area contributed by atoms with Crippen molar-refractivity contribution in [2.24, 2.45) is 35.1 Å². The summed E-state index contributed by atoms with van der Waals surface area (Å²) in [5.74, 6) is -9.38. The first-order valence-electron chi connectivity index (χ1n) is 25.9. The third-order valence-electron chi connectivity index (χ3n) is 16.2. The fourth-order valence-corrected chi connectivity index (χ4v) is 13.6. The van der Waals surface area contributed by atoms with E-state index in [1.54, 1.807) is 12.1 Å².